The number of nitrogens with one attached hydrogen (secondary N) is 1. The zero-order valence-corrected chi connectivity index (χ0v) is 13.8. The molecule has 2 aromatic carbocycles. The zero-order valence-electron chi connectivity index (χ0n) is 11.5. The van der Waals surface area contributed by atoms with Crippen molar-refractivity contribution in [1.29, 1.82) is 0 Å². The monoisotopic (exact) mass is 353 g/mol. The van der Waals surface area contributed by atoms with E-state index < -0.39 is 0 Å². The maximum Gasteiger partial charge on any atom is 0.120 e. The van der Waals surface area contributed by atoms with Crippen LogP contribution in [0.1, 0.15) is 24.1 Å². The number of rotatable bonds is 5. The van der Waals surface area contributed by atoms with Gasteiger partial charge in [0.2, 0.25) is 0 Å². The van der Waals surface area contributed by atoms with Gasteiger partial charge in [-0.3, -0.25) is 0 Å². The predicted molar refractivity (Wildman–Crippen MR) is 87.7 cm³/mol. The first-order valence-electron chi connectivity index (χ1n) is 6.48. The van der Waals surface area contributed by atoms with E-state index in [0.29, 0.717) is 5.02 Å². The number of hydrogen-bond donors (Lipinski definition) is 1. The van der Waals surface area contributed by atoms with Gasteiger partial charge < -0.3 is 10.1 Å². The van der Waals surface area contributed by atoms with Crippen LogP contribution in [0.4, 0.5) is 0 Å². The summed E-state index contributed by atoms with van der Waals surface area (Å²) in [5, 5.41) is 4.18. The molecule has 1 atom stereocenters. The largest absolute Gasteiger partial charge is 0.497 e. The summed E-state index contributed by atoms with van der Waals surface area (Å²) in [5.41, 5.74) is 2.22. The van der Waals surface area contributed by atoms with Gasteiger partial charge in [-0.25, -0.2) is 0 Å². The highest BCUT2D eigenvalue weighted by Gasteiger charge is 2.16. The van der Waals surface area contributed by atoms with Crippen molar-refractivity contribution in [1.82, 2.24) is 5.32 Å². The maximum absolute atomic E-state index is 6.40. The van der Waals surface area contributed by atoms with Gasteiger partial charge >= 0.3 is 0 Å². The number of hydrogen-bond acceptors (Lipinski definition) is 2. The van der Waals surface area contributed by atoms with Crippen LogP contribution in [0.25, 0.3) is 0 Å². The van der Waals surface area contributed by atoms with E-state index >= 15 is 0 Å². The molecule has 0 aliphatic heterocycles. The Hall–Kier alpha value is -1.03. The van der Waals surface area contributed by atoms with Gasteiger partial charge in [-0.05, 0) is 41.9 Å². The fourth-order valence-corrected chi connectivity index (χ4v) is 2.86. The van der Waals surface area contributed by atoms with Gasteiger partial charge in [0.15, 0.2) is 0 Å². The van der Waals surface area contributed by atoms with Crippen molar-refractivity contribution in [3.05, 3.63) is 63.1 Å². The summed E-state index contributed by atoms with van der Waals surface area (Å²) < 4.78 is 6.26. The molecule has 1 N–H and O–H groups in total. The summed E-state index contributed by atoms with van der Waals surface area (Å²) in [4.78, 5) is 0. The molecule has 0 aliphatic rings. The lowest BCUT2D eigenvalue weighted by Crippen LogP contribution is -2.22. The van der Waals surface area contributed by atoms with E-state index in [1.54, 1.807) is 7.11 Å². The summed E-state index contributed by atoms with van der Waals surface area (Å²) in [5.74, 6) is 0.767. The first-order valence-corrected chi connectivity index (χ1v) is 7.65. The molecular weight excluding hydrogens is 338 g/mol. The number of benzene rings is 2. The van der Waals surface area contributed by atoms with Crippen molar-refractivity contribution in [3.8, 4) is 5.75 Å². The Kier molecular flexibility index (Phi) is 5.46. The van der Waals surface area contributed by atoms with E-state index in [2.05, 4.69) is 40.3 Å². The third-order valence-electron chi connectivity index (χ3n) is 3.11. The maximum atomic E-state index is 6.40. The molecule has 0 saturated heterocycles. The highest BCUT2D eigenvalue weighted by molar-refractivity contribution is 9.10. The van der Waals surface area contributed by atoms with Crippen LogP contribution in [0.15, 0.2) is 46.9 Å². The van der Waals surface area contributed by atoms with E-state index in [9.17, 15) is 0 Å². The van der Waals surface area contributed by atoms with Crippen LogP contribution in [-0.2, 0) is 0 Å². The molecule has 0 fully saturated rings. The molecule has 0 aliphatic carbocycles. The summed E-state index contributed by atoms with van der Waals surface area (Å²) >= 11 is 9.91. The Morgan fingerprint density at radius 1 is 1.25 bits per heavy atom. The lowest BCUT2D eigenvalue weighted by Gasteiger charge is -2.21. The van der Waals surface area contributed by atoms with Gasteiger partial charge in [0.1, 0.15) is 5.75 Å². The topological polar surface area (TPSA) is 21.3 Å². The third-order valence-corrected chi connectivity index (χ3v) is 3.93. The van der Waals surface area contributed by atoms with Crippen molar-refractivity contribution in [2.75, 3.05) is 13.7 Å². The second-order valence-corrected chi connectivity index (χ2v) is 5.76. The number of ether oxygens (including phenoxy) is 1. The van der Waals surface area contributed by atoms with Crippen LogP contribution >= 0.6 is 27.5 Å². The average molecular weight is 355 g/mol. The molecule has 0 amide bonds. The molecule has 0 radical (unpaired) electrons. The Morgan fingerprint density at radius 2 is 2.05 bits per heavy atom. The van der Waals surface area contributed by atoms with Gasteiger partial charge in [0.05, 0.1) is 13.2 Å². The summed E-state index contributed by atoms with van der Waals surface area (Å²) in [7, 11) is 1.64. The summed E-state index contributed by atoms with van der Waals surface area (Å²) in [6.07, 6.45) is 0. The standard InChI is InChI=1S/C16H17BrClNO/c1-3-19-16(11-5-4-6-12(17)9-11)14-8-7-13(20-2)10-15(14)18/h4-10,16,19H,3H2,1-2H3. The van der Waals surface area contributed by atoms with Crippen LogP contribution in [0, 0.1) is 0 Å². The summed E-state index contributed by atoms with van der Waals surface area (Å²) in [6, 6.07) is 14.1. The minimum atomic E-state index is 0.0657. The zero-order chi connectivity index (χ0) is 14.5. The molecule has 2 aromatic rings. The fourth-order valence-electron chi connectivity index (χ4n) is 2.17. The van der Waals surface area contributed by atoms with E-state index in [-0.39, 0.29) is 6.04 Å². The van der Waals surface area contributed by atoms with Gasteiger partial charge in [-0.1, -0.05) is 52.7 Å². The van der Waals surface area contributed by atoms with Crippen molar-refractivity contribution < 1.29 is 4.74 Å². The number of halogens is 2. The number of methoxy groups -OCH3 is 1. The normalized spacial score (nSPS) is 12.2. The Labute approximate surface area is 133 Å². The molecule has 4 heteroatoms. The molecule has 0 bridgehead atoms. The van der Waals surface area contributed by atoms with Crippen LogP contribution < -0.4 is 10.1 Å². The molecular formula is C16H17BrClNO. The van der Waals surface area contributed by atoms with Gasteiger partial charge in [-0.15, -0.1) is 0 Å². The van der Waals surface area contributed by atoms with E-state index in [4.69, 9.17) is 16.3 Å². The fraction of sp³-hybridized carbons (Fsp3) is 0.250. The van der Waals surface area contributed by atoms with Gasteiger partial charge in [0, 0.05) is 9.50 Å². The minimum Gasteiger partial charge on any atom is -0.497 e. The van der Waals surface area contributed by atoms with E-state index in [1.807, 2.05) is 30.3 Å². The lowest BCUT2D eigenvalue weighted by atomic mass is 9.98. The molecule has 2 nitrogen and oxygen atoms in total. The highest BCUT2D eigenvalue weighted by Crippen LogP contribution is 2.32. The van der Waals surface area contributed by atoms with E-state index in [0.717, 1.165) is 22.3 Å². The lowest BCUT2D eigenvalue weighted by molar-refractivity contribution is 0.414. The minimum absolute atomic E-state index is 0.0657. The molecule has 0 spiro atoms. The second kappa shape index (κ2) is 7.11. The SMILES string of the molecule is CCNC(c1cccc(Br)c1)c1ccc(OC)cc1Cl. The smallest absolute Gasteiger partial charge is 0.120 e. The molecule has 20 heavy (non-hydrogen) atoms. The predicted octanol–water partition coefficient (Wildman–Crippen LogP) is 4.81. The third kappa shape index (κ3) is 3.54. The van der Waals surface area contributed by atoms with Crippen LogP contribution in [0.5, 0.6) is 5.75 Å². The molecule has 106 valence electrons. The Morgan fingerprint density at radius 3 is 2.65 bits per heavy atom. The molecule has 1 unspecified atom stereocenters. The van der Waals surface area contributed by atoms with Crippen LogP contribution in [0.2, 0.25) is 5.02 Å². The molecule has 2 rings (SSSR count). The van der Waals surface area contributed by atoms with Crippen molar-refractivity contribution in [2.45, 2.75) is 13.0 Å². The highest BCUT2D eigenvalue weighted by atomic mass is 79.9. The first kappa shape index (κ1) is 15.4. The van der Waals surface area contributed by atoms with Crippen LogP contribution in [0.3, 0.4) is 0 Å². The molecule has 0 saturated carbocycles. The second-order valence-electron chi connectivity index (χ2n) is 4.43. The van der Waals surface area contributed by atoms with Gasteiger partial charge in [-0.2, -0.15) is 0 Å². The quantitative estimate of drug-likeness (QED) is 0.832. The summed E-state index contributed by atoms with van der Waals surface area (Å²) in [6.45, 7) is 2.95. The van der Waals surface area contributed by atoms with E-state index in [1.165, 1.54) is 5.56 Å². The van der Waals surface area contributed by atoms with Gasteiger partial charge in [0.25, 0.3) is 0 Å². The Balaban J connectivity index is 2.43. The first-order chi connectivity index (χ1) is 9.65. The van der Waals surface area contributed by atoms with Crippen molar-refractivity contribution in [3.63, 3.8) is 0 Å². The molecule has 0 aromatic heterocycles. The molecule has 0 heterocycles. The average Bonchev–Trinajstić information content (AvgIpc) is 2.45. The Bertz CT molecular complexity index is 588. The van der Waals surface area contributed by atoms with Crippen molar-refractivity contribution >= 4 is 27.5 Å². The van der Waals surface area contributed by atoms with Crippen LogP contribution in [-0.4, -0.2) is 13.7 Å². The van der Waals surface area contributed by atoms with Crippen molar-refractivity contribution in [2.24, 2.45) is 0 Å².